The number of hydrogen-bond acceptors (Lipinski definition) is 4. The molecule has 1 fully saturated rings. The Balaban J connectivity index is 2.66. The maximum absolute atomic E-state index is 11.7. The monoisotopic (exact) mass is 241 g/mol. The van der Waals surface area contributed by atoms with Crippen molar-refractivity contribution < 1.29 is 9.59 Å². The number of thiocarbonyl (C=S) groups is 1. The summed E-state index contributed by atoms with van der Waals surface area (Å²) in [5.74, 6) is -0.360. The van der Waals surface area contributed by atoms with Gasteiger partial charge in [-0.15, -0.1) is 0 Å². The average molecular weight is 241 g/mol. The molecular formula is C10H15N3O2S. The molecule has 16 heavy (non-hydrogen) atoms. The van der Waals surface area contributed by atoms with Crippen LogP contribution < -0.4 is 5.73 Å². The van der Waals surface area contributed by atoms with Gasteiger partial charge in [0.25, 0.3) is 0 Å². The summed E-state index contributed by atoms with van der Waals surface area (Å²) in [7, 11) is 0. The lowest BCUT2D eigenvalue weighted by Crippen LogP contribution is -2.45. The number of carbonyl (C=O) groups excluding carboxylic acids is 2. The Kier molecular flexibility index (Phi) is 4.58. The molecule has 0 aromatic heterocycles. The molecule has 2 amide bonds. The summed E-state index contributed by atoms with van der Waals surface area (Å²) >= 11 is 4.47. The highest BCUT2D eigenvalue weighted by Gasteiger charge is 2.35. The predicted molar refractivity (Wildman–Crippen MR) is 63.0 cm³/mol. The van der Waals surface area contributed by atoms with Crippen molar-refractivity contribution >= 4 is 29.2 Å². The van der Waals surface area contributed by atoms with E-state index in [2.05, 4.69) is 22.4 Å². The van der Waals surface area contributed by atoms with Crippen LogP contribution in [0.25, 0.3) is 0 Å². The molecule has 0 unspecified atom stereocenters. The first-order chi connectivity index (χ1) is 7.60. The van der Waals surface area contributed by atoms with Crippen molar-refractivity contribution in [3.63, 3.8) is 0 Å². The summed E-state index contributed by atoms with van der Waals surface area (Å²) in [4.78, 5) is 28.2. The van der Waals surface area contributed by atoms with Crippen molar-refractivity contribution in [1.29, 1.82) is 0 Å². The number of isothiocyanates is 1. The van der Waals surface area contributed by atoms with Crippen molar-refractivity contribution in [2.75, 3.05) is 13.1 Å². The highest BCUT2D eigenvalue weighted by atomic mass is 32.1. The quantitative estimate of drug-likeness (QED) is 0.552. The van der Waals surface area contributed by atoms with Gasteiger partial charge in [-0.25, -0.2) is 4.99 Å². The summed E-state index contributed by atoms with van der Waals surface area (Å²) in [6, 6.07) is -0.492. The lowest BCUT2D eigenvalue weighted by Gasteiger charge is -2.24. The Morgan fingerprint density at radius 2 is 2.50 bits per heavy atom. The van der Waals surface area contributed by atoms with E-state index in [-0.39, 0.29) is 11.8 Å². The molecule has 1 aliphatic rings. The van der Waals surface area contributed by atoms with E-state index < -0.39 is 11.9 Å². The van der Waals surface area contributed by atoms with Gasteiger partial charge < -0.3 is 10.6 Å². The minimum absolute atomic E-state index is 0.0322. The molecule has 2 atom stereocenters. The molecule has 5 nitrogen and oxygen atoms in total. The fourth-order valence-electron chi connectivity index (χ4n) is 1.97. The lowest BCUT2D eigenvalue weighted by molar-refractivity contribution is -0.136. The topological polar surface area (TPSA) is 75.8 Å². The number of carbonyl (C=O) groups is 2. The first-order valence-electron chi connectivity index (χ1n) is 5.22. The van der Waals surface area contributed by atoms with Gasteiger partial charge in [-0.1, -0.05) is 6.92 Å². The summed E-state index contributed by atoms with van der Waals surface area (Å²) in [6.07, 6.45) is 0.953. The molecule has 1 heterocycles. The van der Waals surface area contributed by atoms with Crippen LogP contribution in [-0.2, 0) is 9.59 Å². The highest BCUT2D eigenvalue weighted by Crippen LogP contribution is 2.21. The van der Waals surface area contributed by atoms with Gasteiger partial charge in [-0.2, -0.15) is 0 Å². The lowest BCUT2D eigenvalue weighted by atomic mass is 10.1. The van der Waals surface area contributed by atoms with Crippen LogP contribution in [0.4, 0.5) is 0 Å². The van der Waals surface area contributed by atoms with Gasteiger partial charge in [0.2, 0.25) is 11.8 Å². The number of primary amides is 1. The molecule has 1 saturated heterocycles. The summed E-state index contributed by atoms with van der Waals surface area (Å²) in [5, 5.41) is 2.28. The number of aliphatic imine (C=N–C) groups is 1. The minimum Gasteiger partial charge on any atom is -0.368 e. The molecule has 0 radical (unpaired) electrons. The number of rotatable bonds is 5. The van der Waals surface area contributed by atoms with E-state index in [1.54, 1.807) is 4.90 Å². The third kappa shape index (κ3) is 2.87. The Labute approximate surface area is 99.7 Å². The summed E-state index contributed by atoms with van der Waals surface area (Å²) in [5.41, 5.74) is 5.25. The van der Waals surface area contributed by atoms with E-state index in [0.29, 0.717) is 25.9 Å². The number of nitrogens with zero attached hydrogens (tertiary/aromatic N) is 2. The maximum Gasteiger partial charge on any atom is 0.240 e. The SMILES string of the molecule is CC[C@@H](C(N)=O)N1C[C@@H](CN=C=S)CC1=O. The molecule has 0 aliphatic carbocycles. The zero-order chi connectivity index (χ0) is 12.1. The van der Waals surface area contributed by atoms with E-state index in [4.69, 9.17) is 5.73 Å². The van der Waals surface area contributed by atoms with Gasteiger partial charge >= 0.3 is 0 Å². The maximum atomic E-state index is 11.7. The van der Waals surface area contributed by atoms with Crippen molar-refractivity contribution in [2.45, 2.75) is 25.8 Å². The Hall–Kier alpha value is -1.26. The number of amides is 2. The van der Waals surface area contributed by atoms with Crippen molar-refractivity contribution in [3.8, 4) is 0 Å². The molecule has 0 aromatic carbocycles. The van der Waals surface area contributed by atoms with Crippen LogP contribution in [-0.4, -0.2) is 41.0 Å². The molecule has 2 N–H and O–H groups in total. The zero-order valence-corrected chi connectivity index (χ0v) is 10.00. The largest absolute Gasteiger partial charge is 0.368 e. The normalized spacial score (nSPS) is 21.7. The molecule has 1 aliphatic heterocycles. The Morgan fingerprint density at radius 1 is 1.81 bits per heavy atom. The summed E-state index contributed by atoms with van der Waals surface area (Å²) in [6.45, 7) is 2.85. The molecule has 88 valence electrons. The van der Waals surface area contributed by atoms with E-state index in [0.717, 1.165) is 0 Å². The first-order valence-corrected chi connectivity index (χ1v) is 5.63. The van der Waals surface area contributed by atoms with Crippen molar-refractivity contribution in [2.24, 2.45) is 16.6 Å². The van der Waals surface area contributed by atoms with Crippen LogP contribution in [0.15, 0.2) is 4.99 Å². The van der Waals surface area contributed by atoms with Crippen molar-refractivity contribution in [1.82, 2.24) is 4.90 Å². The Morgan fingerprint density at radius 3 is 3.00 bits per heavy atom. The third-order valence-electron chi connectivity index (χ3n) is 2.74. The van der Waals surface area contributed by atoms with Crippen LogP contribution >= 0.6 is 12.2 Å². The van der Waals surface area contributed by atoms with Crippen LogP contribution in [0.3, 0.4) is 0 Å². The van der Waals surface area contributed by atoms with Crippen LogP contribution in [0.5, 0.6) is 0 Å². The van der Waals surface area contributed by atoms with E-state index in [9.17, 15) is 9.59 Å². The second-order valence-corrected chi connectivity index (χ2v) is 4.06. The van der Waals surface area contributed by atoms with E-state index in [1.807, 2.05) is 6.92 Å². The van der Waals surface area contributed by atoms with Gasteiger partial charge in [0, 0.05) is 18.9 Å². The number of likely N-dealkylation sites (tertiary alicyclic amines) is 1. The molecule has 0 spiro atoms. The van der Waals surface area contributed by atoms with Gasteiger partial charge in [0.05, 0.1) is 11.7 Å². The number of nitrogens with two attached hydrogens (primary N) is 1. The van der Waals surface area contributed by atoms with Gasteiger partial charge in [-0.3, -0.25) is 9.59 Å². The van der Waals surface area contributed by atoms with E-state index in [1.165, 1.54) is 0 Å². The van der Waals surface area contributed by atoms with Crippen LogP contribution in [0.1, 0.15) is 19.8 Å². The standard InChI is InChI=1S/C10H15N3O2S/c1-2-8(10(11)15)13-5-7(3-9(13)14)4-12-6-16/h7-8H,2-5H2,1H3,(H2,11,15)/t7-,8+/m1/s1. The zero-order valence-electron chi connectivity index (χ0n) is 9.18. The molecule has 1 rings (SSSR count). The van der Waals surface area contributed by atoms with Gasteiger partial charge in [0.15, 0.2) is 0 Å². The highest BCUT2D eigenvalue weighted by molar-refractivity contribution is 7.78. The van der Waals surface area contributed by atoms with Gasteiger partial charge in [-0.05, 0) is 18.6 Å². The smallest absolute Gasteiger partial charge is 0.240 e. The van der Waals surface area contributed by atoms with Gasteiger partial charge in [0.1, 0.15) is 6.04 Å². The fourth-order valence-corrected chi connectivity index (χ4v) is 2.05. The fraction of sp³-hybridized carbons (Fsp3) is 0.700. The number of hydrogen-bond donors (Lipinski definition) is 1. The molecular weight excluding hydrogens is 226 g/mol. The van der Waals surface area contributed by atoms with Crippen molar-refractivity contribution in [3.05, 3.63) is 0 Å². The van der Waals surface area contributed by atoms with Crippen LogP contribution in [0.2, 0.25) is 0 Å². The second kappa shape index (κ2) is 5.72. The third-order valence-corrected chi connectivity index (χ3v) is 2.87. The first kappa shape index (κ1) is 12.8. The minimum atomic E-state index is -0.492. The second-order valence-electron chi connectivity index (χ2n) is 3.87. The summed E-state index contributed by atoms with van der Waals surface area (Å²) < 4.78 is 0. The van der Waals surface area contributed by atoms with E-state index >= 15 is 0 Å². The Bertz CT molecular complexity index is 339. The van der Waals surface area contributed by atoms with Crippen LogP contribution in [0, 0.1) is 5.92 Å². The average Bonchev–Trinajstić information content (AvgIpc) is 2.58. The predicted octanol–water partition coefficient (Wildman–Crippen LogP) is 0.202. The molecule has 0 saturated carbocycles. The molecule has 6 heteroatoms. The molecule has 0 bridgehead atoms. The molecule has 0 aromatic rings.